The number of aryl methyl sites for hydroxylation is 2. The highest BCUT2D eigenvalue weighted by atomic mass is 35.5. The molecule has 0 aromatic carbocycles. The third kappa shape index (κ3) is 2.45. The van der Waals surface area contributed by atoms with E-state index in [2.05, 4.69) is 11.2 Å². The number of aromatic nitrogens is 2. The average molecular weight is 257 g/mol. The van der Waals surface area contributed by atoms with E-state index in [0.717, 1.165) is 11.3 Å². The van der Waals surface area contributed by atoms with Crippen molar-refractivity contribution < 1.29 is 4.74 Å². The molecule has 0 saturated carbocycles. The molecule has 2 aromatic heterocycles. The standard InChI is InChI=1S/C11H13ClN2OS/c1-8-10(11(12)14(2)13-8)7-15-6-9-4-3-5-16-9/h3-5H,6-7H2,1-2H3. The smallest absolute Gasteiger partial charge is 0.132 e. The molecule has 0 bridgehead atoms. The average Bonchev–Trinajstić information content (AvgIpc) is 2.82. The number of rotatable bonds is 4. The molecular weight excluding hydrogens is 244 g/mol. The van der Waals surface area contributed by atoms with Crippen LogP contribution in [0.2, 0.25) is 5.15 Å². The SMILES string of the molecule is Cc1nn(C)c(Cl)c1COCc1cccs1. The van der Waals surface area contributed by atoms with Gasteiger partial charge < -0.3 is 4.74 Å². The number of thiophene rings is 1. The van der Waals surface area contributed by atoms with Crippen LogP contribution in [-0.2, 0) is 25.0 Å². The fraction of sp³-hybridized carbons (Fsp3) is 0.364. The second-order valence-electron chi connectivity index (χ2n) is 3.55. The molecule has 16 heavy (non-hydrogen) atoms. The van der Waals surface area contributed by atoms with E-state index in [9.17, 15) is 0 Å². The van der Waals surface area contributed by atoms with Gasteiger partial charge in [0.1, 0.15) is 5.15 Å². The van der Waals surface area contributed by atoms with Gasteiger partial charge in [-0.25, -0.2) is 0 Å². The van der Waals surface area contributed by atoms with Gasteiger partial charge in [-0.15, -0.1) is 11.3 Å². The van der Waals surface area contributed by atoms with Gasteiger partial charge in [0.2, 0.25) is 0 Å². The van der Waals surface area contributed by atoms with E-state index in [0.29, 0.717) is 18.4 Å². The molecule has 0 N–H and O–H groups in total. The summed E-state index contributed by atoms with van der Waals surface area (Å²) in [5, 5.41) is 6.93. The molecule has 0 spiro atoms. The van der Waals surface area contributed by atoms with Gasteiger partial charge in [0.25, 0.3) is 0 Å². The summed E-state index contributed by atoms with van der Waals surface area (Å²) >= 11 is 7.79. The molecule has 0 amide bonds. The summed E-state index contributed by atoms with van der Waals surface area (Å²) in [5.41, 5.74) is 1.90. The first-order valence-electron chi connectivity index (χ1n) is 4.96. The molecule has 3 nitrogen and oxygen atoms in total. The van der Waals surface area contributed by atoms with Crippen LogP contribution in [0.15, 0.2) is 17.5 Å². The van der Waals surface area contributed by atoms with Crippen molar-refractivity contribution in [2.75, 3.05) is 0 Å². The van der Waals surface area contributed by atoms with Crippen LogP contribution in [0.1, 0.15) is 16.1 Å². The van der Waals surface area contributed by atoms with Gasteiger partial charge in [-0.2, -0.15) is 5.10 Å². The van der Waals surface area contributed by atoms with E-state index in [4.69, 9.17) is 16.3 Å². The molecule has 0 fully saturated rings. The maximum Gasteiger partial charge on any atom is 0.132 e. The predicted molar refractivity (Wildman–Crippen MR) is 65.8 cm³/mol. The van der Waals surface area contributed by atoms with E-state index in [1.807, 2.05) is 25.4 Å². The molecule has 2 rings (SSSR count). The minimum absolute atomic E-state index is 0.510. The lowest BCUT2D eigenvalue weighted by Gasteiger charge is -2.02. The highest BCUT2D eigenvalue weighted by Gasteiger charge is 2.10. The number of halogens is 1. The monoisotopic (exact) mass is 256 g/mol. The zero-order chi connectivity index (χ0) is 11.5. The van der Waals surface area contributed by atoms with E-state index in [1.54, 1.807) is 16.0 Å². The van der Waals surface area contributed by atoms with Crippen LogP contribution in [0.4, 0.5) is 0 Å². The first kappa shape index (κ1) is 11.6. The molecule has 0 radical (unpaired) electrons. The topological polar surface area (TPSA) is 27.1 Å². The van der Waals surface area contributed by atoms with Crippen LogP contribution in [-0.4, -0.2) is 9.78 Å². The summed E-state index contributed by atoms with van der Waals surface area (Å²) in [6.07, 6.45) is 0. The molecule has 0 aliphatic carbocycles. The number of hydrogen-bond acceptors (Lipinski definition) is 3. The van der Waals surface area contributed by atoms with Crippen molar-refractivity contribution in [1.29, 1.82) is 0 Å². The van der Waals surface area contributed by atoms with Gasteiger partial charge >= 0.3 is 0 Å². The zero-order valence-electron chi connectivity index (χ0n) is 9.24. The summed E-state index contributed by atoms with van der Waals surface area (Å²) in [7, 11) is 1.83. The summed E-state index contributed by atoms with van der Waals surface area (Å²) in [6, 6.07) is 4.08. The summed E-state index contributed by atoms with van der Waals surface area (Å²) in [4.78, 5) is 1.22. The van der Waals surface area contributed by atoms with Gasteiger partial charge in [0.15, 0.2) is 0 Å². The Morgan fingerprint density at radius 3 is 2.88 bits per heavy atom. The zero-order valence-corrected chi connectivity index (χ0v) is 10.8. The summed E-state index contributed by atoms with van der Waals surface area (Å²) < 4.78 is 7.28. The van der Waals surface area contributed by atoms with Gasteiger partial charge in [-0.05, 0) is 18.4 Å². The lowest BCUT2D eigenvalue weighted by atomic mass is 10.3. The molecule has 5 heteroatoms. The lowest BCUT2D eigenvalue weighted by molar-refractivity contribution is 0.109. The molecule has 0 saturated heterocycles. The second kappa shape index (κ2) is 4.99. The van der Waals surface area contributed by atoms with Crippen molar-refractivity contribution in [2.45, 2.75) is 20.1 Å². The van der Waals surface area contributed by atoms with Gasteiger partial charge in [-0.3, -0.25) is 4.68 Å². The Labute approximate surface area is 104 Å². The highest BCUT2D eigenvalue weighted by molar-refractivity contribution is 7.09. The van der Waals surface area contributed by atoms with E-state index < -0.39 is 0 Å². The summed E-state index contributed by atoms with van der Waals surface area (Å²) in [5.74, 6) is 0. The molecular formula is C11H13ClN2OS. The second-order valence-corrected chi connectivity index (χ2v) is 4.94. The van der Waals surface area contributed by atoms with Gasteiger partial charge in [0, 0.05) is 17.5 Å². The third-order valence-electron chi connectivity index (χ3n) is 2.34. The molecule has 0 aliphatic rings. The summed E-state index contributed by atoms with van der Waals surface area (Å²) in [6.45, 7) is 3.08. The fourth-order valence-corrected chi connectivity index (χ4v) is 2.36. The van der Waals surface area contributed by atoms with E-state index in [1.165, 1.54) is 4.88 Å². The van der Waals surface area contributed by atoms with Crippen LogP contribution in [0.25, 0.3) is 0 Å². The van der Waals surface area contributed by atoms with Crippen LogP contribution in [0.5, 0.6) is 0 Å². The number of hydrogen-bond donors (Lipinski definition) is 0. The quantitative estimate of drug-likeness (QED) is 0.840. The predicted octanol–water partition coefficient (Wildman–Crippen LogP) is 3.16. The Hall–Kier alpha value is -0.840. The van der Waals surface area contributed by atoms with Crippen molar-refractivity contribution in [2.24, 2.45) is 7.05 Å². The molecule has 86 valence electrons. The molecule has 0 unspecified atom stereocenters. The Morgan fingerprint density at radius 2 is 2.31 bits per heavy atom. The maximum absolute atomic E-state index is 6.10. The third-order valence-corrected chi connectivity index (χ3v) is 3.66. The van der Waals surface area contributed by atoms with Gasteiger partial charge in [-0.1, -0.05) is 17.7 Å². The number of nitrogens with zero attached hydrogens (tertiary/aromatic N) is 2. The molecule has 2 heterocycles. The Balaban J connectivity index is 1.95. The van der Waals surface area contributed by atoms with Crippen LogP contribution in [0.3, 0.4) is 0 Å². The molecule has 2 aromatic rings. The Bertz CT molecular complexity index is 465. The maximum atomic E-state index is 6.10. The molecule has 0 aliphatic heterocycles. The minimum Gasteiger partial charge on any atom is -0.371 e. The van der Waals surface area contributed by atoms with Crippen LogP contribution >= 0.6 is 22.9 Å². The highest BCUT2D eigenvalue weighted by Crippen LogP contribution is 2.20. The first-order chi connectivity index (χ1) is 7.68. The first-order valence-corrected chi connectivity index (χ1v) is 6.22. The van der Waals surface area contributed by atoms with E-state index in [-0.39, 0.29) is 0 Å². The largest absolute Gasteiger partial charge is 0.371 e. The van der Waals surface area contributed by atoms with Crippen LogP contribution < -0.4 is 0 Å². The van der Waals surface area contributed by atoms with Crippen molar-refractivity contribution in [3.8, 4) is 0 Å². The van der Waals surface area contributed by atoms with Crippen molar-refractivity contribution >= 4 is 22.9 Å². The Kier molecular flexibility index (Phi) is 3.63. The van der Waals surface area contributed by atoms with Crippen LogP contribution in [0, 0.1) is 6.92 Å². The minimum atomic E-state index is 0.510. The molecule has 0 atom stereocenters. The van der Waals surface area contributed by atoms with Crippen molar-refractivity contribution in [1.82, 2.24) is 9.78 Å². The normalized spacial score (nSPS) is 10.9. The van der Waals surface area contributed by atoms with Crippen molar-refractivity contribution in [3.05, 3.63) is 38.8 Å². The Morgan fingerprint density at radius 1 is 1.50 bits per heavy atom. The van der Waals surface area contributed by atoms with Gasteiger partial charge in [0.05, 0.1) is 18.9 Å². The fourth-order valence-electron chi connectivity index (χ4n) is 1.49. The van der Waals surface area contributed by atoms with E-state index >= 15 is 0 Å². The lowest BCUT2D eigenvalue weighted by Crippen LogP contribution is -1.94. The number of ether oxygens (including phenoxy) is 1. The van der Waals surface area contributed by atoms with Crippen molar-refractivity contribution in [3.63, 3.8) is 0 Å².